The van der Waals surface area contributed by atoms with Crippen LogP contribution in [-0.2, 0) is 9.53 Å². The molecule has 0 saturated carbocycles. The van der Waals surface area contributed by atoms with Crippen molar-refractivity contribution in [2.45, 2.75) is 45.6 Å². The van der Waals surface area contributed by atoms with Crippen molar-refractivity contribution in [1.29, 1.82) is 0 Å². The van der Waals surface area contributed by atoms with Gasteiger partial charge in [-0.1, -0.05) is 20.4 Å². The molecule has 2 heterocycles. The normalized spacial score (nSPS) is 21.9. The number of ether oxygens (including phenoxy) is 1. The van der Waals surface area contributed by atoms with Crippen molar-refractivity contribution < 1.29 is 9.53 Å². The molecule has 0 N–H and O–H groups in total. The molecule has 0 unspecified atom stereocenters. The van der Waals surface area contributed by atoms with Gasteiger partial charge in [0.25, 0.3) is 0 Å². The van der Waals surface area contributed by atoms with Crippen molar-refractivity contribution in [3.63, 3.8) is 0 Å². The molecule has 4 nitrogen and oxygen atoms in total. The molecule has 2 rings (SSSR count). The van der Waals surface area contributed by atoms with Gasteiger partial charge in [-0.05, 0) is 43.7 Å². The first-order valence-corrected chi connectivity index (χ1v) is 8.36. The van der Waals surface area contributed by atoms with Gasteiger partial charge in [0, 0.05) is 26.2 Å². The van der Waals surface area contributed by atoms with E-state index in [0.717, 1.165) is 63.7 Å². The Kier molecular flexibility index (Phi) is 6.09. The molecule has 21 heavy (non-hydrogen) atoms. The third-order valence-corrected chi connectivity index (χ3v) is 5.01. The Bertz CT molecular complexity index is 341. The Labute approximate surface area is 129 Å². The summed E-state index contributed by atoms with van der Waals surface area (Å²) in [5.74, 6) is 1.68. The summed E-state index contributed by atoms with van der Waals surface area (Å²) in [7, 11) is 0. The van der Waals surface area contributed by atoms with Gasteiger partial charge >= 0.3 is 0 Å². The average molecular weight is 294 g/mol. The van der Waals surface area contributed by atoms with Crippen LogP contribution in [0.25, 0.3) is 0 Å². The zero-order chi connectivity index (χ0) is 15.2. The van der Waals surface area contributed by atoms with Crippen molar-refractivity contribution in [1.82, 2.24) is 9.80 Å². The maximum absolute atomic E-state index is 12.2. The van der Waals surface area contributed by atoms with Gasteiger partial charge in [0.05, 0.1) is 6.10 Å². The van der Waals surface area contributed by atoms with Crippen LogP contribution >= 0.6 is 0 Å². The van der Waals surface area contributed by atoms with Crippen LogP contribution in [0.4, 0.5) is 0 Å². The molecule has 4 heteroatoms. The number of piperidine rings is 2. The lowest BCUT2D eigenvalue weighted by molar-refractivity contribution is -0.140. The molecule has 2 aliphatic heterocycles. The van der Waals surface area contributed by atoms with Crippen LogP contribution in [0.1, 0.15) is 39.5 Å². The highest BCUT2D eigenvalue weighted by atomic mass is 16.5. The van der Waals surface area contributed by atoms with Crippen molar-refractivity contribution in [3.8, 4) is 0 Å². The van der Waals surface area contributed by atoms with E-state index in [4.69, 9.17) is 4.74 Å². The standard InChI is InChI=1S/C17H30N2O2/c1-4-18-9-7-16(8-10-18)21-13-17(20)19-11-5-15(6-12-19)14(2)3/h4,14-16H,1,5-13H2,2-3H3. The number of amides is 1. The topological polar surface area (TPSA) is 32.8 Å². The maximum atomic E-state index is 12.2. The summed E-state index contributed by atoms with van der Waals surface area (Å²) >= 11 is 0. The molecule has 120 valence electrons. The summed E-state index contributed by atoms with van der Waals surface area (Å²) in [5.41, 5.74) is 0. The summed E-state index contributed by atoms with van der Waals surface area (Å²) in [6.45, 7) is 12.4. The van der Waals surface area contributed by atoms with Crippen LogP contribution in [-0.4, -0.2) is 54.6 Å². The maximum Gasteiger partial charge on any atom is 0.248 e. The minimum absolute atomic E-state index is 0.170. The Hall–Kier alpha value is -1.03. The minimum atomic E-state index is 0.170. The third-order valence-electron chi connectivity index (χ3n) is 5.01. The molecule has 0 aromatic carbocycles. The molecular formula is C17H30N2O2. The summed E-state index contributed by atoms with van der Waals surface area (Å²) in [4.78, 5) is 16.4. The van der Waals surface area contributed by atoms with Crippen molar-refractivity contribution in [2.75, 3.05) is 32.8 Å². The Morgan fingerprint density at radius 3 is 2.33 bits per heavy atom. The second-order valence-electron chi connectivity index (χ2n) is 6.69. The van der Waals surface area contributed by atoms with E-state index in [-0.39, 0.29) is 18.6 Å². The third kappa shape index (κ3) is 4.73. The van der Waals surface area contributed by atoms with Crippen LogP contribution in [0.3, 0.4) is 0 Å². The van der Waals surface area contributed by atoms with E-state index < -0.39 is 0 Å². The first-order chi connectivity index (χ1) is 10.1. The molecule has 2 saturated heterocycles. The summed E-state index contributed by atoms with van der Waals surface area (Å²) in [6, 6.07) is 0. The fourth-order valence-corrected chi connectivity index (χ4v) is 3.32. The van der Waals surface area contributed by atoms with E-state index >= 15 is 0 Å². The molecule has 1 amide bonds. The highest BCUT2D eigenvalue weighted by molar-refractivity contribution is 5.77. The van der Waals surface area contributed by atoms with Gasteiger partial charge in [0.15, 0.2) is 0 Å². The highest BCUT2D eigenvalue weighted by Gasteiger charge is 2.25. The van der Waals surface area contributed by atoms with Gasteiger partial charge < -0.3 is 14.5 Å². The van der Waals surface area contributed by atoms with Gasteiger partial charge in [0.2, 0.25) is 5.91 Å². The van der Waals surface area contributed by atoms with E-state index in [9.17, 15) is 4.79 Å². The van der Waals surface area contributed by atoms with Crippen LogP contribution in [0.5, 0.6) is 0 Å². The Morgan fingerprint density at radius 1 is 1.19 bits per heavy atom. The molecule has 0 atom stereocenters. The van der Waals surface area contributed by atoms with Crippen molar-refractivity contribution in [3.05, 3.63) is 12.8 Å². The van der Waals surface area contributed by atoms with E-state index in [1.165, 1.54) is 0 Å². The molecule has 0 aromatic rings. The fraction of sp³-hybridized carbons (Fsp3) is 0.824. The number of likely N-dealkylation sites (tertiary alicyclic amines) is 2. The van der Waals surface area contributed by atoms with Gasteiger partial charge in [0.1, 0.15) is 6.61 Å². The number of hydrogen-bond acceptors (Lipinski definition) is 3. The number of hydrogen-bond donors (Lipinski definition) is 0. The van der Waals surface area contributed by atoms with E-state index in [2.05, 4.69) is 25.3 Å². The Balaban J connectivity index is 1.65. The van der Waals surface area contributed by atoms with Gasteiger partial charge in [-0.15, -0.1) is 0 Å². The minimum Gasteiger partial charge on any atom is -0.378 e. The summed E-state index contributed by atoms with van der Waals surface area (Å²) < 4.78 is 5.81. The predicted molar refractivity (Wildman–Crippen MR) is 84.9 cm³/mol. The first kappa shape index (κ1) is 16.3. The Morgan fingerprint density at radius 2 is 1.81 bits per heavy atom. The van der Waals surface area contributed by atoms with Crippen molar-refractivity contribution >= 4 is 5.91 Å². The first-order valence-electron chi connectivity index (χ1n) is 8.36. The smallest absolute Gasteiger partial charge is 0.248 e. The number of carbonyl (C=O) groups excluding carboxylic acids is 1. The molecule has 0 bridgehead atoms. The van der Waals surface area contributed by atoms with Crippen LogP contribution in [0.15, 0.2) is 12.8 Å². The molecule has 2 aliphatic rings. The number of carbonyl (C=O) groups is 1. The van der Waals surface area contributed by atoms with Crippen LogP contribution < -0.4 is 0 Å². The fourth-order valence-electron chi connectivity index (χ4n) is 3.32. The SMILES string of the molecule is C=CN1CCC(OCC(=O)N2CCC(C(C)C)CC2)CC1. The monoisotopic (exact) mass is 294 g/mol. The second kappa shape index (κ2) is 7.83. The molecule has 0 aromatic heterocycles. The van der Waals surface area contributed by atoms with E-state index in [1.54, 1.807) is 0 Å². The molecule has 0 spiro atoms. The number of nitrogens with zero attached hydrogens (tertiary/aromatic N) is 2. The van der Waals surface area contributed by atoms with E-state index in [1.807, 2.05) is 11.1 Å². The molecular weight excluding hydrogens is 264 g/mol. The van der Waals surface area contributed by atoms with Crippen LogP contribution in [0, 0.1) is 11.8 Å². The molecule has 0 aliphatic carbocycles. The van der Waals surface area contributed by atoms with Crippen molar-refractivity contribution in [2.24, 2.45) is 11.8 Å². The van der Waals surface area contributed by atoms with E-state index in [0.29, 0.717) is 0 Å². The lowest BCUT2D eigenvalue weighted by atomic mass is 9.87. The zero-order valence-electron chi connectivity index (χ0n) is 13.6. The van der Waals surface area contributed by atoms with Crippen LogP contribution in [0.2, 0.25) is 0 Å². The second-order valence-corrected chi connectivity index (χ2v) is 6.69. The summed E-state index contributed by atoms with van der Waals surface area (Å²) in [5, 5.41) is 0. The molecule has 2 fully saturated rings. The van der Waals surface area contributed by atoms with Gasteiger partial charge in [-0.25, -0.2) is 0 Å². The van der Waals surface area contributed by atoms with Gasteiger partial charge in [-0.2, -0.15) is 0 Å². The molecule has 0 radical (unpaired) electrons. The average Bonchev–Trinajstić information content (AvgIpc) is 2.53. The lowest BCUT2D eigenvalue weighted by Crippen LogP contribution is -2.42. The largest absolute Gasteiger partial charge is 0.378 e. The quantitative estimate of drug-likeness (QED) is 0.781. The van der Waals surface area contributed by atoms with Gasteiger partial charge in [-0.3, -0.25) is 4.79 Å². The zero-order valence-corrected chi connectivity index (χ0v) is 13.6. The summed E-state index contributed by atoms with van der Waals surface area (Å²) in [6.07, 6.45) is 6.39. The highest BCUT2D eigenvalue weighted by Crippen LogP contribution is 2.24. The predicted octanol–water partition coefficient (Wildman–Crippen LogP) is 2.51. The number of rotatable bonds is 5. The lowest BCUT2D eigenvalue weighted by Gasteiger charge is -2.35.